The van der Waals surface area contributed by atoms with E-state index in [1.165, 1.54) is 20.1 Å². The Kier molecular flexibility index (Phi) is 4.15. The van der Waals surface area contributed by atoms with Crippen molar-refractivity contribution in [2.24, 2.45) is 0 Å². The monoisotopic (exact) mass is 269 g/mol. The number of carbonyl (C=O) groups is 2. The summed E-state index contributed by atoms with van der Waals surface area (Å²) in [6.45, 7) is 1.47. The lowest BCUT2D eigenvalue weighted by Gasteiger charge is -2.06. The topological polar surface area (TPSA) is 55.4 Å². The number of hydrogen-bond donors (Lipinski definition) is 1. The maximum absolute atomic E-state index is 11.1. The van der Waals surface area contributed by atoms with Crippen LogP contribution in [0.25, 0.3) is 16.8 Å². The molecule has 0 atom stereocenters. The number of methoxy groups -OCH3 is 1. The second-order valence-corrected chi connectivity index (χ2v) is 4.32. The number of esters is 1. The Morgan fingerprint density at radius 3 is 2.70 bits per heavy atom. The molecule has 0 bridgehead atoms. The molecule has 0 fully saturated rings. The van der Waals surface area contributed by atoms with Crippen molar-refractivity contribution in [3.05, 3.63) is 48.0 Å². The van der Waals surface area contributed by atoms with Gasteiger partial charge in [-0.15, -0.1) is 0 Å². The summed E-state index contributed by atoms with van der Waals surface area (Å²) in [5.41, 5.74) is 1.67. The fraction of sp³-hybridized carbons (Fsp3) is 0.125. The number of hydrogen-bond acceptors (Lipinski definition) is 3. The fourth-order valence-corrected chi connectivity index (χ4v) is 1.96. The van der Waals surface area contributed by atoms with Crippen LogP contribution in [0, 0.1) is 0 Å². The predicted molar refractivity (Wildman–Crippen MR) is 79.3 cm³/mol. The van der Waals surface area contributed by atoms with Gasteiger partial charge in [0.25, 0.3) is 0 Å². The van der Waals surface area contributed by atoms with Crippen LogP contribution in [0.5, 0.6) is 0 Å². The van der Waals surface area contributed by atoms with E-state index in [9.17, 15) is 9.59 Å². The molecule has 2 rings (SSSR count). The molecule has 0 aromatic heterocycles. The first-order valence-electron chi connectivity index (χ1n) is 6.16. The van der Waals surface area contributed by atoms with Crippen molar-refractivity contribution >= 4 is 34.4 Å². The average Bonchev–Trinajstić information content (AvgIpc) is 2.43. The first-order chi connectivity index (χ1) is 9.60. The van der Waals surface area contributed by atoms with Crippen LogP contribution in [0.4, 0.5) is 5.69 Å². The van der Waals surface area contributed by atoms with Crippen molar-refractivity contribution in [1.29, 1.82) is 0 Å². The van der Waals surface area contributed by atoms with Gasteiger partial charge < -0.3 is 10.1 Å². The number of fused-ring (bicyclic) bond motifs is 1. The van der Waals surface area contributed by atoms with Gasteiger partial charge in [0.15, 0.2) is 0 Å². The van der Waals surface area contributed by atoms with Crippen molar-refractivity contribution in [2.45, 2.75) is 6.92 Å². The first kappa shape index (κ1) is 13.8. The molecule has 102 valence electrons. The lowest BCUT2D eigenvalue weighted by atomic mass is 10.0. The molecule has 2 aromatic rings. The molecule has 0 aliphatic rings. The van der Waals surface area contributed by atoms with E-state index in [-0.39, 0.29) is 5.91 Å². The minimum Gasteiger partial charge on any atom is -0.466 e. The number of amides is 1. The zero-order valence-corrected chi connectivity index (χ0v) is 11.3. The SMILES string of the molecule is COC(=O)C=Cc1cccc2cc(NC(C)=O)ccc12. The molecule has 0 aliphatic carbocycles. The summed E-state index contributed by atoms with van der Waals surface area (Å²) in [5.74, 6) is -0.497. The number of carbonyl (C=O) groups excluding carboxylic acids is 2. The van der Waals surface area contributed by atoms with Crippen molar-refractivity contribution in [3.63, 3.8) is 0 Å². The van der Waals surface area contributed by atoms with Crippen LogP contribution in [-0.2, 0) is 14.3 Å². The van der Waals surface area contributed by atoms with Gasteiger partial charge in [0, 0.05) is 18.7 Å². The third kappa shape index (κ3) is 3.23. The predicted octanol–water partition coefficient (Wildman–Crippen LogP) is 2.98. The molecule has 4 nitrogen and oxygen atoms in total. The van der Waals surface area contributed by atoms with Crippen molar-refractivity contribution in [2.75, 3.05) is 12.4 Å². The third-order valence-corrected chi connectivity index (χ3v) is 2.83. The van der Waals surface area contributed by atoms with E-state index < -0.39 is 5.97 Å². The van der Waals surface area contributed by atoms with Gasteiger partial charge in [-0.3, -0.25) is 4.79 Å². The minimum atomic E-state index is -0.392. The van der Waals surface area contributed by atoms with Gasteiger partial charge in [0.05, 0.1) is 7.11 Å². The number of nitrogens with one attached hydrogen (secondary N) is 1. The van der Waals surface area contributed by atoms with Crippen LogP contribution in [-0.4, -0.2) is 19.0 Å². The Hall–Kier alpha value is -2.62. The van der Waals surface area contributed by atoms with Crippen LogP contribution < -0.4 is 5.32 Å². The molecule has 4 heteroatoms. The molecule has 1 N–H and O–H groups in total. The second kappa shape index (κ2) is 6.02. The molecule has 0 saturated carbocycles. The van der Waals surface area contributed by atoms with Crippen LogP contribution in [0.3, 0.4) is 0 Å². The quantitative estimate of drug-likeness (QED) is 0.688. The van der Waals surface area contributed by atoms with Crippen LogP contribution in [0.15, 0.2) is 42.5 Å². The summed E-state index contributed by atoms with van der Waals surface area (Å²) in [6, 6.07) is 11.4. The minimum absolute atomic E-state index is 0.105. The molecule has 0 spiro atoms. The van der Waals surface area contributed by atoms with E-state index >= 15 is 0 Å². The molecule has 20 heavy (non-hydrogen) atoms. The Morgan fingerprint density at radius 2 is 2.00 bits per heavy atom. The molecule has 0 heterocycles. The van der Waals surface area contributed by atoms with Gasteiger partial charge in [0.1, 0.15) is 0 Å². The summed E-state index contributed by atoms with van der Waals surface area (Å²) >= 11 is 0. The molecule has 0 radical (unpaired) electrons. The highest BCUT2D eigenvalue weighted by atomic mass is 16.5. The van der Waals surface area contributed by atoms with Crippen LogP contribution >= 0.6 is 0 Å². The van der Waals surface area contributed by atoms with Gasteiger partial charge in [0.2, 0.25) is 5.91 Å². The summed E-state index contributed by atoms with van der Waals surface area (Å²) in [6.07, 6.45) is 3.10. The molecular formula is C16H15NO3. The third-order valence-electron chi connectivity index (χ3n) is 2.83. The summed E-state index contributed by atoms with van der Waals surface area (Å²) in [7, 11) is 1.34. The zero-order valence-electron chi connectivity index (χ0n) is 11.3. The number of anilines is 1. The van der Waals surface area contributed by atoms with Gasteiger partial charge in [-0.05, 0) is 34.5 Å². The highest BCUT2D eigenvalue weighted by Gasteiger charge is 2.02. The van der Waals surface area contributed by atoms with Crippen molar-refractivity contribution < 1.29 is 14.3 Å². The molecule has 2 aromatic carbocycles. The summed E-state index contributed by atoms with van der Waals surface area (Å²) in [4.78, 5) is 22.2. The summed E-state index contributed by atoms with van der Waals surface area (Å²) < 4.78 is 4.57. The molecule has 0 saturated heterocycles. The molecular weight excluding hydrogens is 254 g/mol. The maximum Gasteiger partial charge on any atom is 0.330 e. The van der Waals surface area contributed by atoms with E-state index in [0.29, 0.717) is 0 Å². The Labute approximate surface area is 117 Å². The Morgan fingerprint density at radius 1 is 1.20 bits per heavy atom. The number of benzene rings is 2. The fourth-order valence-electron chi connectivity index (χ4n) is 1.96. The summed E-state index contributed by atoms with van der Waals surface area (Å²) in [5, 5.41) is 4.74. The number of rotatable bonds is 3. The van der Waals surface area contributed by atoms with Crippen molar-refractivity contribution in [1.82, 2.24) is 0 Å². The molecule has 0 aliphatic heterocycles. The largest absolute Gasteiger partial charge is 0.466 e. The van der Waals surface area contributed by atoms with E-state index in [2.05, 4.69) is 10.1 Å². The van der Waals surface area contributed by atoms with Crippen molar-refractivity contribution in [3.8, 4) is 0 Å². The Balaban J connectivity index is 2.40. The lowest BCUT2D eigenvalue weighted by molar-refractivity contribution is -0.134. The van der Waals surface area contributed by atoms with E-state index in [1.807, 2.05) is 36.4 Å². The van der Waals surface area contributed by atoms with Crippen LogP contribution in [0.1, 0.15) is 12.5 Å². The van der Waals surface area contributed by atoms with E-state index in [1.54, 1.807) is 6.08 Å². The molecule has 1 amide bonds. The zero-order chi connectivity index (χ0) is 14.5. The first-order valence-corrected chi connectivity index (χ1v) is 6.16. The van der Waals surface area contributed by atoms with Gasteiger partial charge in [-0.1, -0.05) is 24.3 Å². The second-order valence-electron chi connectivity index (χ2n) is 4.32. The maximum atomic E-state index is 11.1. The lowest BCUT2D eigenvalue weighted by Crippen LogP contribution is -2.05. The number of ether oxygens (including phenoxy) is 1. The van der Waals surface area contributed by atoms with E-state index in [0.717, 1.165) is 22.0 Å². The van der Waals surface area contributed by atoms with Gasteiger partial charge >= 0.3 is 5.97 Å². The van der Waals surface area contributed by atoms with Crippen LogP contribution in [0.2, 0.25) is 0 Å². The highest BCUT2D eigenvalue weighted by Crippen LogP contribution is 2.23. The molecule has 0 unspecified atom stereocenters. The normalized spacial score (nSPS) is 10.7. The average molecular weight is 269 g/mol. The highest BCUT2D eigenvalue weighted by molar-refractivity contribution is 5.98. The smallest absolute Gasteiger partial charge is 0.330 e. The van der Waals surface area contributed by atoms with E-state index in [4.69, 9.17) is 0 Å². The Bertz CT molecular complexity index is 689. The standard InChI is InChI=1S/C16H15NO3/c1-11(18)17-14-7-8-15-12(6-9-16(19)20-2)4-3-5-13(15)10-14/h3-10H,1-2H3,(H,17,18). The van der Waals surface area contributed by atoms with Gasteiger partial charge in [-0.2, -0.15) is 0 Å². The van der Waals surface area contributed by atoms with Gasteiger partial charge in [-0.25, -0.2) is 4.79 Å².